The number of amides is 8. The molecule has 4 fully saturated rings. The number of rotatable bonds is 18. The molecule has 4 aliphatic heterocycles. The molecule has 14 rings (SSSR count). The van der Waals surface area contributed by atoms with Crippen LogP contribution in [0.15, 0.2) is 219 Å². The van der Waals surface area contributed by atoms with Crippen LogP contribution >= 0.6 is 23.2 Å². The summed E-state index contributed by atoms with van der Waals surface area (Å²) in [5.74, 6) is -3.05. The fourth-order valence-electron chi connectivity index (χ4n) is 13.7. The van der Waals surface area contributed by atoms with Gasteiger partial charge in [-0.15, -0.1) is 0 Å². The quantitative estimate of drug-likeness (QED) is 0.0344. The molecule has 8 heterocycles. The third-order valence-electron chi connectivity index (χ3n) is 19.2. The lowest BCUT2D eigenvalue weighted by molar-refractivity contribution is -0.120. The number of benzene rings is 6. The van der Waals surface area contributed by atoms with Gasteiger partial charge < -0.3 is 51.1 Å². The molecule has 555 valence electrons. The maximum absolute atomic E-state index is 13.8. The Kier molecular flexibility index (Phi) is 25.9. The van der Waals surface area contributed by atoms with E-state index in [1.807, 2.05) is 133 Å². The highest BCUT2D eigenvalue weighted by Gasteiger charge is 2.40. The van der Waals surface area contributed by atoms with Crippen LogP contribution in [0.2, 0.25) is 10.0 Å². The van der Waals surface area contributed by atoms with Gasteiger partial charge >= 0.3 is 0 Å². The van der Waals surface area contributed by atoms with E-state index in [2.05, 4.69) is 41.2 Å². The van der Waals surface area contributed by atoms with E-state index in [9.17, 15) is 48.6 Å². The zero-order chi connectivity index (χ0) is 75.2. The van der Waals surface area contributed by atoms with E-state index in [1.165, 1.54) is 46.5 Å². The predicted molar refractivity (Wildman–Crippen MR) is 428 cm³/mol. The Balaban J connectivity index is 0.000000219. The average Bonchev–Trinajstić information content (AvgIpc) is 1.42. The molecule has 4 saturated heterocycles. The van der Waals surface area contributed by atoms with Crippen LogP contribution in [-0.4, -0.2) is 156 Å². The number of hydrogen-bond donors (Lipinski definition) is 6. The van der Waals surface area contributed by atoms with Crippen molar-refractivity contribution in [1.82, 2.24) is 39.5 Å². The highest BCUT2D eigenvalue weighted by Crippen LogP contribution is 2.33. The standard InChI is InChI=1S/C48H40Cl2N6O4.C36H34N6O6.CH4.B/c49-35-19-15-33(16-20-35)39-5-1-27-51-43(39)47(59)55-29-3-7-41(55)45(57)53-37-23-11-31(12-24-37)9-10-32-13-25-38(26-14-32)54-46(58)42-8-4-30-56(42)48(60)44-40(6-2-28-52-44)34-17-21-36(50)22-18-34;43-29-7-1-19-37-31(29)35(47)41-21-3-5-27(41)33(45)39-25-15-11-23(12-16-25)9-10-24-13-17-26(18-14-24)40-34(46)28-6-4-22-42(28)36(48)32-30(44)8-2-20-38-32;;/h1-2,5-6,9-28,41-42H,3-4,7-8,29-30H2,(H,53,57)(H,54,58);1-2,7-20,27-28,43-44H,3-6,21-22H2,(H,39,45)(H,40,46);1H4;/b2*10-9+;;/t41-,42-;27-,28-;;/m00../s1. The number of carbonyl (C=O) groups excluding carboxylic acids is 8. The van der Waals surface area contributed by atoms with Crippen molar-refractivity contribution in [3.8, 4) is 33.8 Å². The largest absolute Gasteiger partial charge is 0.505 e. The van der Waals surface area contributed by atoms with Gasteiger partial charge in [-0.2, -0.15) is 0 Å². The first-order chi connectivity index (χ1) is 52.5. The SMILES string of the molecule is C.O=C(Nc1ccc(/C=C/c2ccc(NC(=O)[C@@H]3CCCN3C(=O)c3ncccc3-c3ccc(Cl)cc3)cc2)cc1)[C@@H]1CCCN1C(=O)c1ncccc1-c1ccc(Cl)cc1.O=C(Nc1ccc(/C=C/c2ccc(NC(=O)[C@@H]3CCCN3C(=O)c3ncccc3O)cc2)cc1)[C@@H]1CCCN1C(=O)c1ncccc1O.[B]. The van der Waals surface area contributed by atoms with Crippen molar-refractivity contribution in [2.75, 3.05) is 47.4 Å². The van der Waals surface area contributed by atoms with Crippen molar-refractivity contribution in [1.29, 1.82) is 0 Å². The number of pyridine rings is 4. The summed E-state index contributed by atoms with van der Waals surface area (Å²) in [5.41, 5.74) is 9.55. The van der Waals surface area contributed by atoms with Gasteiger partial charge in [0.25, 0.3) is 23.6 Å². The number of nitrogens with one attached hydrogen (secondary N) is 4. The predicted octanol–water partition coefficient (Wildman–Crippen LogP) is 14.6. The summed E-state index contributed by atoms with van der Waals surface area (Å²) in [7, 11) is 0. The molecule has 0 aliphatic carbocycles. The Morgan fingerprint density at radius 3 is 0.827 bits per heavy atom. The molecule has 0 unspecified atom stereocenters. The summed E-state index contributed by atoms with van der Waals surface area (Å²) in [6.45, 7) is 1.74. The Hall–Kier alpha value is -12.6. The molecule has 4 aliphatic rings. The van der Waals surface area contributed by atoms with Gasteiger partial charge in [0.1, 0.15) is 47.1 Å². The van der Waals surface area contributed by atoms with E-state index in [4.69, 9.17) is 23.2 Å². The first kappa shape index (κ1) is 78.5. The molecular formula is C85H78BCl2N12O10. The van der Waals surface area contributed by atoms with Crippen LogP contribution in [0.25, 0.3) is 46.6 Å². The van der Waals surface area contributed by atoms with Crippen molar-refractivity contribution in [2.24, 2.45) is 0 Å². The van der Waals surface area contributed by atoms with Gasteiger partial charge in [-0.3, -0.25) is 48.3 Å². The molecule has 4 atom stereocenters. The second-order valence-electron chi connectivity index (χ2n) is 26.3. The van der Waals surface area contributed by atoms with Crippen molar-refractivity contribution >= 4 is 126 Å². The number of aromatic hydroxyl groups is 2. The third-order valence-corrected chi connectivity index (χ3v) is 19.7. The Bertz CT molecular complexity index is 4740. The Morgan fingerprint density at radius 1 is 0.336 bits per heavy atom. The van der Waals surface area contributed by atoms with Crippen LogP contribution < -0.4 is 21.3 Å². The zero-order valence-corrected chi connectivity index (χ0v) is 60.5. The number of likely N-dealkylation sites (tertiary alicyclic amines) is 4. The molecule has 10 aromatic rings. The van der Waals surface area contributed by atoms with E-state index >= 15 is 0 Å². The van der Waals surface area contributed by atoms with Crippen LogP contribution in [0.1, 0.15) is 123 Å². The summed E-state index contributed by atoms with van der Waals surface area (Å²) in [6.07, 6.45) is 18.7. The van der Waals surface area contributed by atoms with Crippen molar-refractivity contribution in [3.05, 3.63) is 274 Å². The molecule has 8 amide bonds. The number of aromatic nitrogens is 4. The van der Waals surface area contributed by atoms with Gasteiger partial charge in [-0.05, 0) is 194 Å². The lowest BCUT2D eigenvalue weighted by atomic mass is 10.0. The molecule has 3 radical (unpaired) electrons. The van der Waals surface area contributed by atoms with Gasteiger partial charge in [0.05, 0.1) is 0 Å². The van der Waals surface area contributed by atoms with E-state index in [-0.39, 0.29) is 74.2 Å². The summed E-state index contributed by atoms with van der Waals surface area (Å²) in [5, 5.41) is 33.0. The van der Waals surface area contributed by atoms with Crippen molar-refractivity contribution < 1.29 is 48.6 Å². The number of nitrogens with zero attached hydrogens (tertiary/aromatic N) is 8. The molecular weight excluding hydrogens is 1430 g/mol. The molecule has 0 saturated carbocycles. The molecule has 25 heteroatoms. The van der Waals surface area contributed by atoms with E-state index in [1.54, 1.807) is 82.9 Å². The molecule has 4 aromatic heterocycles. The normalized spacial score (nSPS) is 16.5. The van der Waals surface area contributed by atoms with Crippen molar-refractivity contribution in [3.63, 3.8) is 0 Å². The lowest BCUT2D eigenvalue weighted by Crippen LogP contribution is -2.43. The van der Waals surface area contributed by atoms with Gasteiger partial charge in [0, 0.05) is 103 Å². The summed E-state index contributed by atoms with van der Waals surface area (Å²) in [6, 6.07) is 54.6. The van der Waals surface area contributed by atoms with Crippen molar-refractivity contribution in [2.45, 2.75) is 83.0 Å². The number of halogens is 2. The van der Waals surface area contributed by atoms with E-state index in [0.717, 1.165) is 33.4 Å². The highest BCUT2D eigenvalue weighted by atomic mass is 35.5. The smallest absolute Gasteiger partial charge is 0.276 e. The number of hydrogen-bond acceptors (Lipinski definition) is 14. The maximum atomic E-state index is 13.8. The molecule has 22 nitrogen and oxygen atoms in total. The molecule has 0 bridgehead atoms. The fourth-order valence-corrected chi connectivity index (χ4v) is 13.9. The van der Waals surface area contributed by atoms with Gasteiger partial charge in [-0.25, -0.2) is 9.97 Å². The van der Waals surface area contributed by atoms with Crippen LogP contribution in [0.5, 0.6) is 11.5 Å². The van der Waals surface area contributed by atoms with E-state index < -0.39 is 36.0 Å². The van der Waals surface area contributed by atoms with Gasteiger partial charge in [0.2, 0.25) is 23.6 Å². The van der Waals surface area contributed by atoms with E-state index in [0.29, 0.717) is 133 Å². The average molecular weight is 1510 g/mol. The third kappa shape index (κ3) is 18.7. The highest BCUT2D eigenvalue weighted by molar-refractivity contribution is 6.31. The first-order valence-electron chi connectivity index (χ1n) is 35.4. The second-order valence-corrected chi connectivity index (χ2v) is 27.2. The molecule has 0 spiro atoms. The van der Waals surface area contributed by atoms with Crippen LogP contribution in [-0.2, 0) is 19.2 Å². The topological polar surface area (TPSA) is 290 Å². The lowest BCUT2D eigenvalue weighted by Gasteiger charge is -2.24. The van der Waals surface area contributed by atoms with Gasteiger partial charge in [0.15, 0.2) is 11.4 Å². The van der Waals surface area contributed by atoms with Crippen LogP contribution in [0, 0.1) is 0 Å². The Morgan fingerprint density at radius 2 is 0.573 bits per heavy atom. The molecule has 6 N–H and O–H groups in total. The Labute approximate surface area is 648 Å². The fraction of sp³-hybridized carbons (Fsp3) is 0.200. The summed E-state index contributed by atoms with van der Waals surface area (Å²) < 4.78 is 0. The van der Waals surface area contributed by atoms with Gasteiger partial charge in [-0.1, -0.05) is 140 Å². The number of anilines is 4. The second kappa shape index (κ2) is 36.3. The summed E-state index contributed by atoms with van der Waals surface area (Å²) in [4.78, 5) is 129. The minimum absolute atomic E-state index is 0. The summed E-state index contributed by atoms with van der Waals surface area (Å²) >= 11 is 12.2. The zero-order valence-electron chi connectivity index (χ0n) is 59.0. The van der Waals surface area contributed by atoms with Crippen LogP contribution in [0.3, 0.4) is 0 Å². The first-order valence-corrected chi connectivity index (χ1v) is 36.2. The monoisotopic (exact) mass is 1510 g/mol. The van der Waals surface area contributed by atoms with Crippen LogP contribution in [0.4, 0.5) is 22.7 Å². The molecule has 110 heavy (non-hydrogen) atoms. The maximum Gasteiger partial charge on any atom is 0.276 e. The minimum Gasteiger partial charge on any atom is -0.505 e. The number of carbonyl (C=O) groups is 8. The molecule has 6 aromatic carbocycles. The minimum atomic E-state index is -0.660.